The largest absolute Gasteiger partial charge is 0.497 e. The molecule has 0 spiro atoms. The zero-order valence-electron chi connectivity index (χ0n) is 14.6. The van der Waals surface area contributed by atoms with Crippen molar-refractivity contribution >= 4 is 10.9 Å². The maximum Gasteiger partial charge on any atom is 0.119 e. The van der Waals surface area contributed by atoms with E-state index in [9.17, 15) is 0 Å². The number of fused-ring (bicyclic) bond motifs is 4. The Morgan fingerprint density at radius 2 is 2.25 bits per heavy atom. The Bertz CT molecular complexity index is 732. The summed E-state index contributed by atoms with van der Waals surface area (Å²) in [5, 5.41) is 1.12. The molecule has 0 amide bonds. The van der Waals surface area contributed by atoms with Gasteiger partial charge >= 0.3 is 0 Å². The van der Waals surface area contributed by atoms with Crippen molar-refractivity contribution in [1.82, 2.24) is 9.88 Å². The average Bonchev–Trinajstić information content (AvgIpc) is 2.66. The zero-order valence-corrected chi connectivity index (χ0v) is 14.6. The number of benzene rings is 1. The van der Waals surface area contributed by atoms with Crippen LogP contribution in [-0.2, 0) is 0 Å². The molecule has 3 fully saturated rings. The highest BCUT2D eigenvalue weighted by Crippen LogP contribution is 2.42. The summed E-state index contributed by atoms with van der Waals surface area (Å²) >= 11 is 0. The first-order chi connectivity index (χ1) is 11.7. The van der Waals surface area contributed by atoms with E-state index in [2.05, 4.69) is 28.9 Å². The molecule has 24 heavy (non-hydrogen) atoms. The predicted molar refractivity (Wildman–Crippen MR) is 97.1 cm³/mol. The van der Waals surface area contributed by atoms with E-state index in [0.29, 0.717) is 6.04 Å². The van der Waals surface area contributed by atoms with E-state index in [1.807, 2.05) is 18.3 Å². The van der Waals surface area contributed by atoms with Crippen molar-refractivity contribution in [3.63, 3.8) is 0 Å². The minimum absolute atomic E-state index is 0.0308. The number of hydrogen-bond acceptors (Lipinski definition) is 4. The van der Waals surface area contributed by atoms with Gasteiger partial charge in [0.2, 0.25) is 0 Å². The fourth-order valence-electron chi connectivity index (χ4n) is 4.79. The Morgan fingerprint density at radius 3 is 2.96 bits per heavy atom. The Balaban J connectivity index is 1.68. The molecule has 0 aliphatic carbocycles. The van der Waals surface area contributed by atoms with Crippen molar-refractivity contribution in [2.75, 3.05) is 20.2 Å². The number of aromatic nitrogens is 1. The molecule has 1 aromatic heterocycles. The van der Waals surface area contributed by atoms with E-state index in [1.165, 1.54) is 37.9 Å². The lowest BCUT2D eigenvalue weighted by Gasteiger charge is -2.51. The van der Waals surface area contributed by atoms with Gasteiger partial charge in [0.25, 0.3) is 0 Å². The minimum Gasteiger partial charge on any atom is -0.497 e. The fraction of sp³-hybridized carbons (Fsp3) is 0.550. The van der Waals surface area contributed by atoms with Crippen LogP contribution in [0.4, 0.5) is 0 Å². The molecule has 4 heteroatoms. The molecule has 2 bridgehead atoms. The van der Waals surface area contributed by atoms with E-state index >= 15 is 0 Å². The Labute approximate surface area is 144 Å². The first-order valence-corrected chi connectivity index (χ1v) is 9.13. The lowest BCUT2D eigenvalue weighted by Crippen LogP contribution is -2.56. The van der Waals surface area contributed by atoms with Crippen LogP contribution in [0.3, 0.4) is 0 Å². The van der Waals surface area contributed by atoms with Gasteiger partial charge in [0.05, 0.1) is 12.6 Å². The Kier molecular flexibility index (Phi) is 4.19. The molecule has 128 valence electrons. The molecule has 1 aromatic carbocycles. The molecular weight excluding hydrogens is 298 g/mol. The monoisotopic (exact) mass is 325 g/mol. The van der Waals surface area contributed by atoms with Gasteiger partial charge < -0.3 is 10.5 Å². The third kappa shape index (κ3) is 2.58. The number of ether oxygens (including phenoxy) is 1. The topological polar surface area (TPSA) is 51.4 Å². The number of nitrogens with two attached hydrogens (primary N) is 1. The van der Waals surface area contributed by atoms with Crippen molar-refractivity contribution in [3.8, 4) is 5.75 Å². The van der Waals surface area contributed by atoms with Crippen LogP contribution in [0, 0.1) is 11.8 Å². The molecule has 2 aromatic rings. The number of nitrogens with zero attached hydrogens (tertiary/aromatic N) is 2. The SMILES string of the molecule is CC[C@H]1CN2CC[C@H]1C[C@@H]2[C@H](N)c1ccnc2ccc(OC)cc12. The molecule has 1 unspecified atom stereocenters. The van der Waals surface area contributed by atoms with Gasteiger partial charge in [0, 0.05) is 30.2 Å². The van der Waals surface area contributed by atoms with Gasteiger partial charge in [-0.05, 0) is 61.1 Å². The van der Waals surface area contributed by atoms with Gasteiger partial charge in [-0.2, -0.15) is 0 Å². The van der Waals surface area contributed by atoms with E-state index in [4.69, 9.17) is 10.5 Å². The Hall–Kier alpha value is -1.65. The van der Waals surface area contributed by atoms with Crippen molar-refractivity contribution in [3.05, 3.63) is 36.0 Å². The molecule has 3 aliphatic rings. The minimum atomic E-state index is 0.0308. The van der Waals surface area contributed by atoms with E-state index in [0.717, 1.165) is 28.5 Å². The van der Waals surface area contributed by atoms with Crippen LogP contribution >= 0.6 is 0 Å². The van der Waals surface area contributed by atoms with Gasteiger partial charge in [-0.15, -0.1) is 0 Å². The van der Waals surface area contributed by atoms with Crippen LogP contribution in [0.25, 0.3) is 10.9 Å². The molecule has 3 aliphatic heterocycles. The molecular formula is C20H27N3O. The summed E-state index contributed by atoms with van der Waals surface area (Å²) in [6, 6.07) is 8.62. The van der Waals surface area contributed by atoms with Gasteiger partial charge in [-0.3, -0.25) is 9.88 Å². The second-order valence-electron chi connectivity index (χ2n) is 7.32. The lowest BCUT2D eigenvalue weighted by molar-refractivity contribution is -0.0105. The molecule has 0 radical (unpaired) electrons. The fourth-order valence-corrected chi connectivity index (χ4v) is 4.79. The number of pyridine rings is 1. The predicted octanol–water partition coefficient (Wildman–Crippen LogP) is 3.36. The van der Waals surface area contributed by atoms with Crippen LogP contribution in [0.2, 0.25) is 0 Å². The summed E-state index contributed by atoms with van der Waals surface area (Å²) in [7, 11) is 1.70. The molecule has 5 atom stereocenters. The van der Waals surface area contributed by atoms with E-state index < -0.39 is 0 Å². The molecule has 4 nitrogen and oxygen atoms in total. The van der Waals surface area contributed by atoms with Crippen molar-refractivity contribution in [1.29, 1.82) is 0 Å². The lowest BCUT2D eigenvalue weighted by atomic mass is 9.72. The summed E-state index contributed by atoms with van der Waals surface area (Å²) in [6.07, 6.45) is 5.74. The second-order valence-corrected chi connectivity index (χ2v) is 7.32. The summed E-state index contributed by atoms with van der Waals surface area (Å²) in [4.78, 5) is 7.12. The van der Waals surface area contributed by atoms with Gasteiger partial charge in [0.15, 0.2) is 0 Å². The van der Waals surface area contributed by atoms with Crippen LogP contribution in [0.1, 0.15) is 37.8 Å². The standard InChI is InChI=1S/C20H27N3O/c1-3-13-12-23-9-7-14(13)10-19(23)20(21)16-6-8-22-18-5-4-15(24-2)11-17(16)18/h4-6,8,11,13-14,19-20H,3,7,9-10,12,21H2,1-2H3/t13-,14-,19+,20+/m0/s1. The maximum absolute atomic E-state index is 6.79. The number of hydrogen-bond donors (Lipinski definition) is 1. The first-order valence-electron chi connectivity index (χ1n) is 9.13. The molecule has 4 heterocycles. The zero-order chi connectivity index (χ0) is 16.7. The van der Waals surface area contributed by atoms with Crippen LogP contribution in [0.15, 0.2) is 30.5 Å². The third-order valence-corrected chi connectivity index (χ3v) is 6.22. The first kappa shape index (κ1) is 15.9. The smallest absolute Gasteiger partial charge is 0.119 e. The van der Waals surface area contributed by atoms with Crippen molar-refractivity contribution in [2.45, 2.75) is 38.3 Å². The highest BCUT2D eigenvalue weighted by Gasteiger charge is 2.41. The van der Waals surface area contributed by atoms with Crippen molar-refractivity contribution in [2.24, 2.45) is 17.6 Å². The third-order valence-electron chi connectivity index (χ3n) is 6.22. The molecule has 5 rings (SSSR count). The highest BCUT2D eigenvalue weighted by atomic mass is 16.5. The summed E-state index contributed by atoms with van der Waals surface area (Å²) in [5.41, 5.74) is 8.98. The van der Waals surface area contributed by atoms with Crippen molar-refractivity contribution < 1.29 is 4.74 Å². The molecule has 3 saturated heterocycles. The maximum atomic E-state index is 6.79. The van der Waals surface area contributed by atoms with Crippen LogP contribution in [-0.4, -0.2) is 36.1 Å². The van der Waals surface area contributed by atoms with Crippen LogP contribution < -0.4 is 10.5 Å². The van der Waals surface area contributed by atoms with E-state index in [1.54, 1.807) is 7.11 Å². The highest BCUT2D eigenvalue weighted by molar-refractivity contribution is 5.84. The molecule has 2 N–H and O–H groups in total. The Morgan fingerprint density at radius 1 is 1.38 bits per heavy atom. The number of methoxy groups -OCH3 is 1. The van der Waals surface area contributed by atoms with Crippen LogP contribution in [0.5, 0.6) is 5.75 Å². The van der Waals surface area contributed by atoms with E-state index in [-0.39, 0.29) is 6.04 Å². The average molecular weight is 325 g/mol. The number of rotatable bonds is 4. The summed E-state index contributed by atoms with van der Waals surface area (Å²) in [5.74, 6) is 2.57. The summed E-state index contributed by atoms with van der Waals surface area (Å²) < 4.78 is 5.40. The molecule has 0 saturated carbocycles. The van der Waals surface area contributed by atoms with Gasteiger partial charge in [0.1, 0.15) is 5.75 Å². The van der Waals surface area contributed by atoms with Gasteiger partial charge in [-0.25, -0.2) is 0 Å². The quantitative estimate of drug-likeness (QED) is 0.936. The summed E-state index contributed by atoms with van der Waals surface area (Å²) in [6.45, 7) is 4.74. The second kappa shape index (κ2) is 6.34. The normalized spacial score (nSPS) is 30.5. The number of piperidine rings is 3. The van der Waals surface area contributed by atoms with Gasteiger partial charge in [-0.1, -0.05) is 13.3 Å².